The summed E-state index contributed by atoms with van der Waals surface area (Å²) in [6.45, 7) is 0.555. The molecule has 104 valence electrons. The van der Waals surface area contributed by atoms with Crippen molar-refractivity contribution in [3.63, 3.8) is 0 Å². The molecule has 0 saturated carbocycles. The number of nitrogens with two attached hydrogens (primary N) is 1. The average Bonchev–Trinajstić information content (AvgIpc) is 2.56. The zero-order chi connectivity index (χ0) is 14.5. The minimum absolute atomic E-state index is 0.555. The molecule has 0 aromatic heterocycles. The van der Waals surface area contributed by atoms with Gasteiger partial charge in [0.15, 0.2) is 0 Å². The molecule has 0 heterocycles. The summed E-state index contributed by atoms with van der Waals surface area (Å²) < 4.78 is 5.85. The van der Waals surface area contributed by atoms with Crippen LogP contribution in [-0.4, -0.2) is 0 Å². The van der Waals surface area contributed by atoms with Gasteiger partial charge in [-0.2, -0.15) is 0 Å². The Morgan fingerprint density at radius 2 is 1.43 bits per heavy atom. The Morgan fingerprint density at radius 3 is 2.14 bits per heavy atom. The molecule has 0 saturated heterocycles. The fourth-order valence-corrected chi connectivity index (χ4v) is 2.23. The maximum absolute atomic E-state index is 6.07. The number of rotatable bonds is 4. The predicted octanol–water partition coefficient (Wildman–Crippen LogP) is 4.51. The Kier molecular flexibility index (Phi) is 3.88. The minimum Gasteiger partial charge on any atom is -0.489 e. The first-order valence-corrected chi connectivity index (χ1v) is 6.94. The molecule has 21 heavy (non-hydrogen) atoms. The van der Waals surface area contributed by atoms with E-state index in [0.717, 1.165) is 28.1 Å². The third-order valence-corrected chi connectivity index (χ3v) is 3.36. The molecular formula is C19H17NO. The van der Waals surface area contributed by atoms with Crippen molar-refractivity contribution >= 4 is 5.69 Å². The molecule has 3 aromatic rings. The summed E-state index contributed by atoms with van der Waals surface area (Å²) in [6.07, 6.45) is 0. The highest BCUT2D eigenvalue weighted by molar-refractivity contribution is 5.77. The number of hydrogen-bond donors (Lipinski definition) is 1. The molecule has 0 aliphatic heterocycles. The van der Waals surface area contributed by atoms with Crippen molar-refractivity contribution in [3.05, 3.63) is 84.4 Å². The standard InChI is InChI=1S/C19H17NO/c20-19-12-11-17(21-14-15-7-3-1-4-8-15)13-18(19)16-9-5-2-6-10-16/h1-13H,14,20H2. The van der Waals surface area contributed by atoms with E-state index in [1.807, 2.05) is 66.7 Å². The second kappa shape index (κ2) is 6.14. The fourth-order valence-electron chi connectivity index (χ4n) is 2.23. The van der Waals surface area contributed by atoms with E-state index in [1.165, 1.54) is 0 Å². The second-order valence-corrected chi connectivity index (χ2v) is 4.89. The van der Waals surface area contributed by atoms with Gasteiger partial charge in [0.2, 0.25) is 0 Å². The Bertz CT molecular complexity index is 708. The van der Waals surface area contributed by atoms with Gasteiger partial charge in [-0.1, -0.05) is 60.7 Å². The zero-order valence-corrected chi connectivity index (χ0v) is 11.7. The van der Waals surface area contributed by atoms with Gasteiger partial charge in [-0.15, -0.1) is 0 Å². The molecular weight excluding hydrogens is 258 g/mol. The summed E-state index contributed by atoms with van der Waals surface area (Å²) in [5.74, 6) is 0.826. The highest BCUT2D eigenvalue weighted by Gasteiger charge is 2.04. The Labute approximate surface area is 124 Å². The van der Waals surface area contributed by atoms with Crippen LogP contribution in [0.5, 0.6) is 5.75 Å². The summed E-state index contributed by atoms with van der Waals surface area (Å²) in [4.78, 5) is 0. The molecule has 0 fully saturated rings. The Hall–Kier alpha value is -2.74. The smallest absolute Gasteiger partial charge is 0.120 e. The maximum Gasteiger partial charge on any atom is 0.120 e. The number of anilines is 1. The van der Waals surface area contributed by atoms with Gasteiger partial charge in [0.25, 0.3) is 0 Å². The van der Waals surface area contributed by atoms with E-state index in [1.54, 1.807) is 0 Å². The van der Waals surface area contributed by atoms with E-state index in [2.05, 4.69) is 12.1 Å². The predicted molar refractivity (Wildman–Crippen MR) is 87.1 cm³/mol. The van der Waals surface area contributed by atoms with Crippen LogP contribution in [0.15, 0.2) is 78.9 Å². The quantitative estimate of drug-likeness (QED) is 0.711. The SMILES string of the molecule is Nc1ccc(OCc2ccccc2)cc1-c1ccccc1. The largest absolute Gasteiger partial charge is 0.489 e. The summed E-state index contributed by atoms with van der Waals surface area (Å²) in [7, 11) is 0. The molecule has 2 nitrogen and oxygen atoms in total. The summed E-state index contributed by atoms with van der Waals surface area (Å²) in [6, 6.07) is 26.0. The van der Waals surface area contributed by atoms with Crippen LogP contribution in [0.4, 0.5) is 5.69 Å². The molecule has 3 rings (SSSR count). The molecule has 0 unspecified atom stereocenters. The molecule has 2 N–H and O–H groups in total. The van der Waals surface area contributed by atoms with Crippen molar-refractivity contribution in [2.24, 2.45) is 0 Å². The van der Waals surface area contributed by atoms with Gasteiger partial charge in [-0.3, -0.25) is 0 Å². The molecule has 0 atom stereocenters. The molecule has 3 aromatic carbocycles. The van der Waals surface area contributed by atoms with Gasteiger partial charge in [-0.05, 0) is 29.3 Å². The van der Waals surface area contributed by atoms with Crippen molar-refractivity contribution in [1.29, 1.82) is 0 Å². The van der Waals surface area contributed by atoms with Crippen LogP contribution < -0.4 is 10.5 Å². The van der Waals surface area contributed by atoms with Crippen molar-refractivity contribution in [2.45, 2.75) is 6.61 Å². The summed E-state index contributed by atoms with van der Waals surface area (Å²) in [5.41, 5.74) is 10.1. The van der Waals surface area contributed by atoms with Crippen molar-refractivity contribution in [3.8, 4) is 16.9 Å². The molecule has 0 bridgehead atoms. The minimum atomic E-state index is 0.555. The van der Waals surface area contributed by atoms with Crippen LogP contribution in [0.1, 0.15) is 5.56 Å². The van der Waals surface area contributed by atoms with Gasteiger partial charge < -0.3 is 10.5 Å². The molecule has 0 aliphatic carbocycles. The monoisotopic (exact) mass is 275 g/mol. The highest BCUT2D eigenvalue weighted by atomic mass is 16.5. The molecule has 0 aliphatic rings. The number of ether oxygens (including phenoxy) is 1. The zero-order valence-electron chi connectivity index (χ0n) is 11.7. The number of benzene rings is 3. The van der Waals surface area contributed by atoms with Gasteiger partial charge in [-0.25, -0.2) is 0 Å². The van der Waals surface area contributed by atoms with Crippen molar-refractivity contribution in [2.75, 3.05) is 5.73 Å². The van der Waals surface area contributed by atoms with Gasteiger partial charge >= 0.3 is 0 Å². The van der Waals surface area contributed by atoms with E-state index in [4.69, 9.17) is 10.5 Å². The normalized spacial score (nSPS) is 10.3. The van der Waals surface area contributed by atoms with Gasteiger partial charge in [0, 0.05) is 11.3 Å². The van der Waals surface area contributed by atoms with E-state index in [-0.39, 0.29) is 0 Å². The molecule has 0 amide bonds. The van der Waals surface area contributed by atoms with Gasteiger partial charge in [0.05, 0.1) is 0 Å². The van der Waals surface area contributed by atoms with E-state index in [9.17, 15) is 0 Å². The third kappa shape index (κ3) is 3.23. The van der Waals surface area contributed by atoms with Crippen molar-refractivity contribution in [1.82, 2.24) is 0 Å². The number of nitrogen functional groups attached to an aromatic ring is 1. The van der Waals surface area contributed by atoms with Gasteiger partial charge in [0.1, 0.15) is 12.4 Å². The first-order chi connectivity index (χ1) is 10.3. The highest BCUT2D eigenvalue weighted by Crippen LogP contribution is 2.30. The third-order valence-electron chi connectivity index (χ3n) is 3.36. The Balaban J connectivity index is 1.81. The lowest BCUT2D eigenvalue weighted by atomic mass is 10.0. The lowest BCUT2D eigenvalue weighted by molar-refractivity contribution is 0.306. The van der Waals surface area contributed by atoms with Crippen LogP contribution in [0, 0.1) is 0 Å². The first-order valence-electron chi connectivity index (χ1n) is 6.94. The van der Waals surface area contributed by atoms with E-state index >= 15 is 0 Å². The van der Waals surface area contributed by atoms with E-state index in [0.29, 0.717) is 6.61 Å². The Morgan fingerprint density at radius 1 is 0.762 bits per heavy atom. The van der Waals surface area contributed by atoms with Crippen LogP contribution in [-0.2, 0) is 6.61 Å². The average molecular weight is 275 g/mol. The fraction of sp³-hybridized carbons (Fsp3) is 0.0526. The van der Waals surface area contributed by atoms with Crippen LogP contribution in [0.2, 0.25) is 0 Å². The lowest BCUT2D eigenvalue weighted by Crippen LogP contribution is -1.96. The van der Waals surface area contributed by atoms with Crippen LogP contribution in [0.3, 0.4) is 0 Å². The molecule has 0 spiro atoms. The first kappa shape index (κ1) is 13.3. The molecule has 2 heteroatoms. The summed E-state index contributed by atoms with van der Waals surface area (Å²) in [5, 5.41) is 0. The maximum atomic E-state index is 6.07. The molecule has 0 radical (unpaired) electrons. The van der Waals surface area contributed by atoms with Crippen LogP contribution >= 0.6 is 0 Å². The van der Waals surface area contributed by atoms with E-state index < -0.39 is 0 Å². The second-order valence-electron chi connectivity index (χ2n) is 4.89. The van der Waals surface area contributed by atoms with Crippen LogP contribution in [0.25, 0.3) is 11.1 Å². The number of hydrogen-bond acceptors (Lipinski definition) is 2. The van der Waals surface area contributed by atoms with Crippen molar-refractivity contribution < 1.29 is 4.74 Å². The lowest BCUT2D eigenvalue weighted by Gasteiger charge is -2.10. The summed E-state index contributed by atoms with van der Waals surface area (Å²) >= 11 is 0. The topological polar surface area (TPSA) is 35.2 Å².